The van der Waals surface area contributed by atoms with Crippen LogP contribution in [0, 0.1) is 17.3 Å². The van der Waals surface area contributed by atoms with Gasteiger partial charge in [-0.2, -0.15) is 0 Å². The molecule has 1 heterocycles. The van der Waals surface area contributed by atoms with E-state index in [-0.39, 0.29) is 5.92 Å². The molecule has 116 valence electrons. The minimum atomic E-state index is -0.707. The van der Waals surface area contributed by atoms with Crippen LogP contribution in [-0.2, 0) is 4.79 Å². The van der Waals surface area contributed by atoms with Crippen LogP contribution in [0.4, 0.5) is 0 Å². The second kappa shape index (κ2) is 5.64. The van der Waals surface area contributed by atoms with Crippen LogP contribution in [0.1, 0.15) is 52.9 Å². The van der Waals surface area contributed by atoms with E-state index >= 15 is 0 Å². The van der Waals surface area contributed by atoms with Crippen LogP contribution >= 0.6 is 0 Å². The maximum Gasteiger partial charge on any atom is 0.306 e. The van der Waals surface area contributed by atoms with Gasteiger partial charge < -0.3 is 15.1 Å². The molecular formula is C16H29NO3. The standard InChI is InChI=1S/C16H29NO3/c1-15(2,3)13-6-9-17(10-13)11-16(20)7-4-12(5-8-16)14(18)19/h12-13,20H,4-11H2,1-3H3,(H,18,19). The molecule has 1 saturated carbocycles. The zero-order valence-corrected chi connectivity index (χ0v) is 13.1. The Morgan fingerprint density at radius 3 is 2.30 bits per heavy atom. The quantitative estimate of drug-likeness (QED) is 0.835. The fraction of sp³-hybridized carbons (Fsp3) is 0.938. The van der Waals surface area contributed by atoms with E-state index in [1.807, 2.05) is 0 Å². The summed E-state index contributed by atoms with van der Waals surface area (Å²) >= 11 is 0. The van der Waals surface area contributed by atoms with Gasteiger partial charge in [-0.25, -0.2) is 0 Å². The lowest BCUT2D eigenvalue weighted by molar-refractivity contribution is -0.145. The molecule has 0 aromatic heterocycles. The Kier molecular flexibility index (Phi) is 4.45. The van der Waals surface area contributed by atoms with Crippen molar-refractivity contribution < 1.29 is 15.0 Å². The Morgan fingerprint density at radius 1 is 1.25 bits per heavy atom. The van der Waals surface area contributed by atoms with E-state index in [4.69, 9.17) is 5.11 Å². The molecule has 2 aliphatic rings. The maximum atomic E-state index is 11.0. The van der Waals surface area contributed by atoms with E-state index < -0.39 is 11.6 Å². The average Bonchev–Trinajstić information content (AvgIpc) is 2.77. The van der Waals surface area contributed by atoms with Crippen molar-refractivity contribution in [2.75, 3.05) is 19.6 Å². The molecule has 0 amide bonds. The molecule has 0 radical (unpaired) electrons. The van der Waals surface area contributed by atoms with E-state index in [1.165, 1.54) is 6.42 Å². The highest BCUT2D eigenvalue weighted by atomic mass is 16.4. The van der Waals surface area contributed by atoms with E-state index in [1.54, 1.807) is 0 Å². The third-order valence-electron chi connectivity index (χ3n) is 5.28. The largest absolute Gasteiger partial charge is 0.481 e. The number of carbonyl (C=O) groups is 1. The monoisotopic (exact) mass is 283 g/mol. The van der Waals surface area contributed by atoms with Gasteiger partial charge in [0.15, 0.2) is 0 Å². The Labute approximate surface area is 122 Å². The summed E-state index contributed by atoms with van der Waals surface area (Å²) in [5.41, 5.74) is -0.336. The van der Waals surface area contributed by atoms with Crippen LogP contribution in [0.25, 0.3) is 0 Å². The Balaban J connectivity index is 1.84. The number of hydrogen-bond acceptors (Lipinski definition) is 3. The summed E-state index contributed by atoms with van der Waals surface area (Å²) in [6.45, 7) is 9.70. The number of aliphatic hydroxyl groups is 1. The van der Waals surface area contributed by atoms with Gasteiger partial charge in [0.1, 0.15) is 0 Å². The highest BCUT2D eigenvalue weighted by Crippen LogP contribution is 2.37. The molecule has 1 aliphatic carbocycles. The van der Waals surface area contributed by atoms with Crippen molar-refractivity contribution in [1.82, 2.24) is 4.90 Å². The Bertz CT molecular complexity index is 353. The number of carboxylic acids is 1. The second-order valence-corrected chi connectivity index (χ2v) is 7.92. The fourth-order valence-corrected chi connectivity index (χ4v) is 3.66. The number of aliphatic carboxylic acids is 1. The average molecular weight is 283 g/mol. The molecule has 2 rings (SSSR count). The lowest BCUT2D eigenvalue weighted by Crippen LogP contribution is -2.45. The van der Waals surface area contributed by atoms with E-state index in [2.05, 4.69) is 25.7 Å². The zero-order chi connectivity index (χ0) is 15.0. The van der Waals surface area contributed by atoms with Gasteiger partial charge in [-0.3, -0.25) is 4.79 Å². The van der Waals surface area contributed by atoms with Crippen molar-refractivity contribution in [3.63, 3.8) is 0 Å². The molecule has 1 aliphatic heterocycles. The minimum Gasteiger partial charge on any atom is -0.481 e. The zero-order valence-electron chi connectivity index (χ0n) is 13.1. The van der Waals surface area contributed by atoms with Crippen molar-refractivity contribution in [1.29, 1.82) is 0 Å². The number of carboxylic acid groups (broad SMARTS) is 1. The lowest BCUT2D eigenvalue weighted by Gasteiger charge is -2.38. The van der Waals surface area contributed by atoms with Crippen molar-refractivity contribution in [3.05, 3.63) is 0 Å². The molecule has 4 nitrogen and oxygen atoms in total. The van der Waals surface area contributed by atoms with Crippen molar-refractivity contribution in [2.45, 2.75) is 58.5 Å². The van der Waals surface area contributed by atoms with Gasteiger partial charge in [-0.05, 0) is 50.0 Å². The van der Waals surface area contributed by atoms with Gasteiger partial charge in [0.2, 0.25) is 0 Å². The third-order valence-corrected chi connectivity index (χ3v) is 5.28. The normalized spacial score (nSPS) is 36.2. The first-order chi connectivity index (χ1) is 9.20. The molecule has 1 atom stereocenters. The molecular weight excluding hydrogens is 254 g/mol. The molecule has 2 N–H and O–H groups in total. The summed E-state index contributed by atoms with van der Waals surface area (Å²) in [6.07, 6.45) is 3.68. The first-order valence-electron chi connectivity index (χ1n) is 7.87. The van der Waals surface area contributed by atoms with Crippen molar-refractivity contribution in [3.8, 4) is 0 Å². The molecule has 0 aromatic rings. The van der Waals surface area contributed by atoms with Crippen LogP contribution in [0.15, 0.2) is 0 Å². The summed E-state index contributed by atoms with van der Waals surface area (Å²) in [5, 5.41) is 19.7. The van der Waals surface area contributed by atoms with Gasteiger partial charge in [0.05, 0.1) is 11.5 Å². The Morgan fingerprint density at radius 2 is 1.85 bits per heavy atom. The van der Waals surface area contributed by atoms with E-state index in [0.717, 1.165) is 13.1 Å². The highest BCUT2D eigenvalue weighted by molar-refractivity contribution is 5.70. The Hall–Kier alpha value is -0.610. The molecule has 1 unspecified atom stereocenters. The number of likely N-dealkylation sites (tertiary alicyclic amines) is 1. The molecule has 0 spiro atoms. The topological polar surface area (TPSA) is 60.8 Å². The highest BCUT2D eigenvalue weighted by Gasteiger charge is 2.39. The predicted molar refractivity (Wildman–Crippen MR) is 78.5 cm³/mol. The lowest BCUT2D eigenvalue weighted by atomic mass is 9.78. The fourth-order valence-electron chi connectivity index (χ4n) is 3.66. The van der Waals surface area contributed by atoms with Crippen LogP contribution in [-0.4, -0.2) is 46.3 Å². The third kappa shape index (κ3) is 3.73. The van der Waals surface area contributed by atoms with Crippen LogP contribution in [0.5, 0.6) is 0 Å². The van der Waals surface area contributed by atoms with E-state index in [0.29, 0.717) is 43.6 Å². The molecule has 20 heavy (non-hydrogen) atoms. The minimum absolute atomic E-state index is 0.254. The smallest absolute Gasteiger partial charge is 0.306 e. The number of hydrogen-bond donors (Lipinski definition) is 2. The SMILES string of the molecule is CC(C)(C)C1CCN(CC2(O)CCC(C(=O)O)CC2)C1. The van der Waals surface area contributed by atoms with Crippen molar-refractivity contribution in [2.24, 2.45) is 17.3 Å². The summed E-state index contributed by atoms with van der Waals surface area (Å²) in [4.78, 5) is 13.3. The first-order valence-corrected chi connectivity index (χ1v) is 7.87. The van der Waals surface area contributed by atoms with Crippen LogP contribution in [0.2, 0.25) is 0 Å². The van der Waals surface area contributed by atoms with E-state index in [9.17, 15) is 9.90 Å². The van der Waals surface area contributed by atoms with Gasteiger partial charge in [-0.1, -0.05) is 20.8 Å². The number of β-amino-alcohol motifs (C(OH)–C–C–N with tert-alkyl or cyclic N) is 1. The molecule has 4 heteroatoms. The molecule has 1 saturated heterocycles. The summed E-state index contributed by atoms with van der Waals surface area (Å²) in [5.74, 6) is -0.265. The van der Waals surface area contributed by atoms with Gasteiger partial charge in [0, 0.05) is 13.1 Å². The molecule has 0 bridgehead atoms. The van der Waals surface area contributed by atoms with Gasteiger partial charge >= 0.3 is 5.97 Å². The summed E-state index contributed by atoms with van der Waals surface area (Å²) in [6, 6.07) is 0. The van der Waals surface area contributed by atoms with Gasteiger partial charge in [-0.15, -0.1) is 0 Å². The van der Waals surface area contributed by atoms with Crippen LogP contribution < -0.4 is 0 Å². The van der Waals surface area contributed by atoms with Crippen LogP contribution in [0.3, 0.4) is 0 Å². The van der Waals surface area contributed by atoms with Crippen molar-refractivity contribution >= 4 is 5.97 Å². The predicted octanol–water partition coefficient (Wildman–Crippen LogP) is 2.36. The molecule has 0 aromatic carbocycles. The van der Waals surface area contributed by atoms with Gasteiger partial charge in [0.25, 0.3) is 0 Å². The molecule has 2 fully saturated rings. The first kappa shape index (κ1) is 15.8. The second-order valence-electron chi connectivity index (χ2n) is 7.92. The summed E-state index contributed by atoms with van der Waals surface area (Å²) in [7, 11) is 0. The number of rotatable bonds is 3. The maximum absolute atomic E-state index is 11.0. The summed E-state index contributed by atoms with van der Waals surface area (Å²) < 4.78 is 0. The number of nitrogens with zero attached hydrogens (tertiary/aromatic N) is 1.